The number of halogens is 2. The van der Waals surface area contributed by atoms with Gasteiger partial charge in [0.25, 0.3) is 0 Å². The lowest BCUT2D eigenvalue weighted by Crippen LogP contribution is -2.78. The molecule has 4 fully saturated rings. The van der Waals surface area contributed by atoms with E-state index in [-0.39, 0.29) is 40.8 Å². The molecule has 2 bridgehead atoms. The predicted octanol–water partition coefficient (Wildman–Crippen LogP) is 3.10. The summed E-state index contributed by atoms with van der Waals surface area (Å²) in [6, 6.07) is 4.96. The fourth-order valence-electron chi connectivity index (χ4n) is 5.33. The number of imidazole rings is 1. The summed E-state index contributed by atoms with van der Waals surface area (Å²) in [7, 11) is 0. The van der Waals surface area contributed by atoms with Crippen LogP contribution < -0.4 is 5.32 Å². The summed E-state index contributed by atoms with van der Waals surface area (Å²) in [6.07, 6.45) is 11.4. The molecule has 2 aromatic heterocycles. The zero-order valence-electron chi connectivity index (χ0n) is 17.2. The fraction of sp³-hybridized carbons (Fsp3) is 0.455. The molecule has 32 heavy (non-hydrogen) atoms. The molecule has 1 aromatic carbocycles. The Balaban J connectivity index is 0.985. The van der Waals surface area contributed by atoms with Crippen LogP contribution in [0, 0.1) is 5.82 Å². The average Bonchev–Trinajstić information content (AvgIpc) is 3.37. The molecule has 0 radical (unpaired) electrons. The third-order valence-corrected chi connectivity index (χ3v) is 7.34. The summed E-state index contributed by atoms with van der Waals surface area (Å²) in [5.41, 5.74) is 1.25. The highest BCUT2D eigenvalue weighted by Crippen LogP contribution is 2.65. The van der Waals surface area contributed by atoms with Crippen molar-refractivity contribution in [2.75, 3.05) is 6.61 Å². The third-order valence-electron chi connectivity index (χ3n) is 7.04. The minimum Gasteiger partial charge on any atom is -0.368 e. The maximum absolute atomic E-state index is 13.8. The molecule has 0 atom stereocenters. The van der Waals surface area contributed by atoms with Crippen LogP contribution in [0.3, 0.4) is 0 Å². The first-order chi connectivity index (χ1) is 15.4. The Hall–Kier alpha value is -2.78. The largest absolute Gasteiger partial charge is 0.368 e. The molecule has 0 spiro atoms. The molecule has 1 amide bonds. The third kappa shape index (κ3) is 3.22. The van der Waals surface area contributed by atoms with E-state index in [0.717, 1.165) is 32.1 Å². The Morgan fingerprint density at radius 3 is 2.72 bits per heavy atom. The number of carbonyl (C=O) groups excluding carboxylic acids is 1. The van der Waals surface area contributed by atoms with Crippen molar-refractivity contribution in [2.24, 2.45) is 0 Å². The minimum atomic E-state index is -0.455. The lowest BCUT2D eigenvalue weighted by molar-refractivity contribution is -0.161. The van der Waals surface area contributed by atoms with Gasteiger partial charge < -0.3 is 14.6 Å². The fourth-order valence-corrected chi connectivity index (χ4v) is 5.45. The van der Waals surface area contributed by atoms with Crippen molar-refractivity contribution in [1.29, 1.82) is 0 Å². The first-order valence-electron chi connectivity index (χ1n) is 10.7. The summed E-state index contributed by atoms with van der Waals surface area (Å²) in [6.45, 7) is 0.0794. The van der Waals surface area contributed by atoms with E-state index in [1.165, 1.54) is 12.1 Å². The number of carbonyl (C=O) groups is 1. The molecule has 1 N–H and O–H groups in total. The van der Waals surface area contributed by atoms with Gasteiger partial charge in [0.15, 0.2) is 0 Å². The normalized spacial score (nSPS) is 30.2. The minimum absolute atomic E-state index is 0.0116. The maximum atomic E-state index is 13.8. The van der Waals surface area contributed by atoms with Crippen LogP contribution in [0.5, 0.6) is 0 Å². The molecule has 10 heteroatoms. The number of hydrogen-bond acceptors (Lipinski definition) is 5. The standard InChI is InChI=1S/C22H22ClFN6O2/c23-17-2-1-14(5-18(17)24)19-8-29(13-25-19)22-10-21(11-22,12-22)28-20(31)9-32-16-6-15(7-16)30-26-3-4-27-30/h1-5,8,13,15-16H,6-7,9-12H2,(H,28,31). The lowest BCUT2D eigenvalue weighted by Gasteiger charge is -2.70. The van der Waals surface area contributed by atoms with E-state index in [4.69, 9.17) is 16.3 Å². The number of nitrogens with zero attached hydrogens (tertiary/aromatic N) is 5. The second-order valence-electron chi connectivity index (χ2n) is 9.29. The van der Waals surface area contributed by atoms with Gasteiger partial charge in [-0.25, -0.2) is 9.37 Å². The predicted molar refractivity (Wildman–Crippen MR) is 113 cm³/mol. The molecular formula is C22H22ClFN6O2. The second kappa shape index (κ2) is 7.11. The van der Waals surface area contributed by atoms with Crippen LogP contribution in [0.15, 0.2) is 43.1 Å². The molecule has 4 saturated carbocycles. The van der Waals surface area contributed by atoms with Crippen LogP contribution in [0.2, 0.25) is 5.02 Å². The van der Waals surface area contributed by atoms with E-state index in [1.807, 2.05) is 6.20 Å². The molecule has 2 heterocycles. The van der Waals surface area contributed by atoms with Crippen LogP contribution in [-0.2, 0) is 15.1 Å². The Labute approximate surface area is 188 Å². The van der Waals surface area contributed by atoms with Crippen molar-refractivity contribution in [3.8, 4) is 11.3 Å². The van der Waals surface area contributed by atoms with Crippen molar-refractivity contribution in [3.05, 3.63) is 54.0 Å². The summed E-state index contributed by atoms with van der Waals surface area (Å²) in [5, 5.41) is 11.5. The topological polar surface area (TPSA) is 86.9 Å². The van der Waals surface area contributed by atoms with Gasteiger partial charge in [0.05, 0.1) is 47.1 Å². The van der Waals surface area contributed by atoms with E-state index < -0.39 is 5.82 Å². The monoisotopic (exact) mass is 456 g/mol. The Morgan fingerprint density at radius 1 is 1.25 bits per heavy atom. The molecule has 3 aromatic rings. The molecule has 8 nitrogen and oxygen atoms in total. The molecule has 7 rings (SSSR count). The van der Waals surface area contributed by atoms with E-state index >= 15 is 0 Å². The SMILES string of the molecule is O=C(COC1CC(n2nccn2)C1)NC12CC(n3cnc(-c4ccc(Cl)c(F)c4)c3)(C1)C2. The summed E-state index contributed by atoms with van der Waals surface area (Å²) < 4.78 is 21.6. The summed E-state index contributed by atoms with van der Waals surface area (Å²) in [4.78, 5) is 18.5. The van der Waals surface area contributed by atoms with Crippen LogP contribution in [0.25, 0.3) is 11.3 Å². The highest BCUT2D eigenvalue weighted by Gasteiger charge is 2.69. The van der Waals surface area contributed by atoms with E-state index in [0.29, 0.717) is 11.3 Å². The van der Waals surface area contributed by atoms with Crippen molar-refractivity contribution in [2.45, 2.75) is 55.3 Å². The lowest BCUT2D eigenvalue weighted by atomic mass is 9.44. The Kier molecular flexibility index (Phi) is 4.42. The molecule has 0 aliphatic heterocycles. The Bertz CT molecular complexity index is 1150. The van der Waals surface area contributed by atoms with Crippen LogP contribution in [0.1, 0.15) is 38.1 Å². The number of nitrogens with one attached hydrogen (secondary N) is 1. The van der Waals surface area contributed by atoms with Gasteiger partial charge in [-0.05, 0) is 44.2 Å². The maximum Gasteiger partial charge on any atom is 0.246 e. The van der Waals surface area contributed by atoms with Gasteiger partial charge in [-0.15, -0.1) is 0 Å². The van der Waals surface area contributed by atoms with Crippen molar-refractivity contribution in [3.63, 3.8) is 0 Å². The number of ether oxygens (including phenoxy) is 1. The number of benzene rings is 1. The van der Waals surface area contributed by atoms with Gasteiger partial charge in [-0.2, -0.15) is 15.0 Å². The van der Waals surface area contributed by atoms with Gasteiger partial charge in [0.2, 0.25) is 5.91 Å². The molecule has 166 valence electrons. The van der Waals surface area contributed by atoms with E-state index in [1.54, 1.807) is 29.6 Å². The zero-order valence-corrected chi connectivity index (χ0v) is 18.0. The average molecular weight is 457 g/mol. The smallest absolute Gasteiger partial charge is 0.246 e. The van der Waals surface area contributed by atoms with Gasteiger partial charge in [-0.3, -0.25) is 4.79 Å². The van der Waals surface area contributed by atoms with Crippen molar-refractivity contribution in [1.82, 2.24) is 29.9 Å². The Morgan fingerprint density at radius 2 is 2.00 bits per heavy atom. The quantitative estimate of drug-likeness (QED) is 0.590. The van der Waals surface area contributed by atoms with Crippen molar-refractivity contribution >= 4 is 17.5 Å². The highest BCUT2D eigenvalue weighted by molar-refractivity contribution is 6.30. The second-order valence-corrected chi connectivity index (χ2v) is 9.69. The molecule has 4 aliphatic rings. The van der Waals surface area contributed by atoms with Gasteiger partial charge >= 0.3 is 0 Å². The molecule has 0 unspecified atom stereocenters. The van der Waals surface area contributed by atoms with Crippen molar-refractivity contribution < 1.29 is 13.9 Å². The number of rotatable bonds is 7. The zero-order chi connectivity index (χ0) is 21.9. The van der Waals surface area contributed by atoms with Gasteiger partial charge in [0.1, 0.15) is 12.4 Å². The van der Waals surface area contributed by atoms with E-state index in [9.17, 15) is 9.18 Å². The van der Waals surface area contributed by atoms with Gasteiger partial charge in [-0.1, -0.05) is 17.7 Å². The first kappa shape index (κ1) is 19.9. The molecule has 0 saturated heterocycles. The van der Waals surface area contributed by atoms with E-state index in [2.05, 4.69) is 25.1 Å². The van der Waals surface area contributed by atoms with Gasteiger partial charge in [0, 0.05) is 17.3 Å². The van der Waals surface area contributed by atoms with Crippen LogP contribution >= 0.6 is 11.6 Å². The number of hydrogen-bond donors (Lipinski definition) is 1. The highest BCUT2D eigenvalue weighted by atomic mass is 35.5. The molecular weight excluding hydrogens is 435 g/mol. The number of amides is 1. The van der Waals surface area contributed by atoms with Crippen LogP contribution in [0.4, 0.5) is 4.39 Å². The summed E-state index contributed by atoms with van der Waals surface area (Å²) in [5.74, 6) is -0.523. The van der Waals surface area contributed by atoms with Crippen LogP contribution in [-0.4, -0.2) is 48.7 Å². The first-order valence-corrected chi connectivity index (χ1v) is 11.1. The summed E-state index contributed by atoms with van der Waals surface area (Å²) >= 11 is 5.77. The number of aromatic nitrogens is 5. The molecule has 4 aliphatic carbocycles.